The first-order valence-electron chi connectivity index (χ1n) is 5.19. The summed E-state index contributed by atoms with van der Waals surface area (Å²) in [4.78, 5) is 15.6. The minimum atomic E-state index is -0.259. The fourth-order valence-corrected chi connectivity index (χ4v) is 1.54. The highest BCUT2D eigenvalue weighted by atomic mass is 35.5. The molecule has 1 amide bonds. The van der Waals surface area contributed by atoms with E-state index in [0.29, 0.717) is 18.6 Å². The Hall–Kier alpha value is -1.17. The summed E-state index contributed by atoms with van der Waals surface area (Å²) in [5.41, 5.74) is 0.434. The van der Waals surface area contributed by atoms with Crippen LogP contribution in [0.15, 0.2) is 18.3 Å². The average molecular weight is 259 g/mol. The summed E-state index contributed by atoms with van der Waals surface area (Å²) in [6.07, 6.45) is 1.91. The number of halogens is 1. The molecule has 1 aromatic rings. The standard InChI is InChI=1S/C11H15ClN2O3/c1-17-7-9(3-5-15)14-11(16)8-2-4-13-10(12)6-8/h2,4,6,9,15H,3,5,7H2,1H3,(H,14,16). The van der Waals surface area contributed by atoms with Crippen molar-refractivity contribution in [2.24, 2.45) is 0 Å². The van der Waals surface area contributed by atoms with Gasteiger partial charge in [-0.2, -0.15) is 0 Å². The molecule has 0 fully saturated rings. The molecule has 0 aliphatic heterocycles. The molecule has 1 heterocycles. The van der Waals surface area contributed by atoms with Gasteiger partial charge >= 0.3 is 0 Å². The van der Waals surface area contributed by atoms with Gasteiger partial charge in [0, 0.05) is 25.5 Å². The molecule has 0 bridgehead atoms. The summed E-state index contributed by atoms with van der Waals surface area (Å²) in [7, 11) is 1.54. The number of aliphatic hydroxyl groups excluding tert-OH is 1. The molecular weight excluding hydrogens is 244 g/mol. The van der Waals surface area contributed by atoms with Gasteiger partial charge in [-0.1, -0.05) is 11.6 Å². The smallest absolute Gasteiger partial charge is 0.251 e. The largest absolute Gasteiger partial charge is 0.396 e. The van der Waals surface area contributed by atoms with Crippen LogP contribution in [0.3, 0.4) is 0 Å². The number of methoxy groups -OCH3 is 1. The molecular formula is C11H15ClN2O3. The van der Waals surface area contributed by atoms with Crippen molar-refractivity contribution >= 4 is 17.5 Å². The number of hydrogen-bond donors (Lipinski definition) is 2. The van der Waals surface area contributed by atoms with E-state index in [-0.39, 0.29) is 23.7 Å². The Balaban J connectivity index is 2.63. The number of ether oxygens (including phenoxy) is 1. The van der Waals surface area contributed by atoms with E-state index >= 15 is 0 Å². The number of amides is 1. The number of carbonyl (C=O) groups excluding carboxylic acids is 1. The Bertz CT molecular complexity index is 367. The first-order chi connectivity index (χ1) is 8.17. The fraction of sp³-hybridized carbons (Fsp3) is 0.455. The molecule has 0 saturated carbocycles. The summed E-state index contributed by atoms with van der Waals surface area (Å²) in [5.74, 6) is -0.259. The molecule has 1 atom stereocenters. The van der Waals surface area contributed by atoms with Crippen LogP contribution in [0.4, 0.5) is 0 Å². The van der Waals surface area contributed by atoms with E-state index in [4.69, 9.17) is 21.4 Å². The number of hydrogen-bond acceptors (Lipinski definition) is 4. The summed E-state index contributed by atoms with van der Waals surface area (Å²) in [6.45, 7) is 0.344. The lowest BCUT2D eigenvalue weighted by Crippen LogP contribution is -2.38. The lowest BCUT2D eigenvalue weighted by Gasteiger charge is -2.16. The van der Waals surface area contributed by atoms with Gasteiger partial charge < -0.3 is 15.2 Å². The molecule has 94 valence electrons. The lowest BCUT2D eigenvalue weighted by atomic mass is 10.2. The minimum Gasteiger partial charge on any atom is -0.396 e. The molecule has 0 aromatic carbocycles. The van der Waals surface area contributed by atoms with Crippen LogP contribution in [0.25, 0.3) is 0 Å². The Morgan fingerprint density at radius 3 is 3.06 bits per heavy atom. The van der Waals surface area contributed by atoms with Gasteiger partial charge in [0.05, 0.1) is 12.6 Å². The van der Waals surface area contributed by atoms with E-state index in [9.17, 15) is 4.79 Å². The van der Waals surface area contributed by atoms with Crippen LogP contribution >= 0.6 is 11.6 Å². The Labute approximate surface area is 105 Å². The van der Waals surface area contributed by atoms with Gasteiger partial charge in [0.1, 0.15) is 5.15 Å². The Morgan fingerprint density at radius 1 is 1.71 bits per heavy atom. The molecule has 5 nitrogen and oxygen atoms in total. The molecule has 0 spiro atoms. The normalized spacial score (nSPS) is 12.2. The topological polar surface area (TPSA) is 71.5 Å². The van der Waals surface area contributed by atoms with E-state index in [2.05, 4.69) is 10.3 Å². The van der Waals surface area contributed by atoms with E-state index in [1.54, 1.807) is 13.2 Å². The first-order valence-corrected chi connectivity index (χ1v) is 5.57. The monoisotopic (exact) mass is 258 g/mol. The summed E-state index contributed by atoms with van der Waals surface area (Å²) in [6, 6.07) is 2.84. The number of pyridine rings is 1. The zero-order valence-electron chi connectivity index (χ0n) is 9.52. The maximum absolute atomic E-state index is 11.8. The fourth-order valence-electron chi connectivity index (χ4n) is 1.37. The van der Waals surface area contributed by atoms with Gasteiger partial charge in [-0.3, -0.25) is 4.79 Å². The van der Waals surface area contributed by atoms with Crippen molar-refractivity contribution in [3.63, 3.8) is 0 Å². The van der Waals surface area contributed by atoms with Crippen LogP contribution in [0.5, 0.6) is 0 Å². The molecule has 0 saturated heterocycles. The number of nitrogens with zero attached hydrogens (tertiary/aromatic N) is 1. The summed E-state index contributed by atoms with van der Waals surface area (Å²) < 4.78 is 4.95. The predicted molar refractivity (Wildman–Crippen MR) is 64.1 cm³/mol. The molecule has 0 radical (unpaired) electrons. The van der Waals surface area contributed by atoms with Crippen LogP contribution in [0, 0.1) is 0 Å². The third-order valence-electron chi connectivity index (χ3n) is 2.17. The minimum absolute atomic E-state index is 0.00852. The highest BCUT2D eigenvalue weighted by molar-refractivity contribution is 6.29. The molecule has 1 aromatic heterocycles. The van der Waals surface area contributed by atoms with E-state index in [1.807, 2.05) is 0 Å². The van der Waals surface area contributed by atoms with Crippen molar-refractivity contribution in [2.75, 3.05) is 20.3 Å². The number of carbonyl (C=O) groups is 1. The highest BCUT2D eigenvalue weighted by Crippen LogP contribution is 2.07. The molecule has 1 rings (SSSR count). The maximum Gasteiger partial charge on any atom is 0.251 e. The van der Waals surface area contributed by atoms with E-state index < -0.39 is 0 Å². The van der Waals surface area contributed by atoms with Crippen LogP contribution < -0.4 is 5.32 Å². The van der Waals surface area contributed by atoms with Crippen molar-refractivity contribution in [1.29, 1.82) is 0 Å². The summed E-state index contributed by atoms with van der Waals surface area (Å²) in [5, 5.41) is 11.9. The van der Waals surface area contributed by atoms with Crippen molar-refractivity contribution in [2.45, 2.75) is 12.5 Å². The van der Waals surface area contributed by atoms with E-state index in [1.165, 1.54) is 12.3 Å². The molecule has 1 unspecified atom stereocenters. The zero-order chi connectivity index (χ0) is 12.7. The van der Waals surface area contributed by atoms with Gasteiger partial charge in [-0.05, 0) is 18.6 Å². The van der Waals surface area contributed by atoms with Gasteiger partial charge in [0.25, 0.3) is 5.91 Å². The average Bonchev–Trinajstić information content (AvgIpc) is 2.29. The van der Waals surface area contributed by atoms with Gasteiger partial charge in [0.15, 0.2) is 0 Å². The van der Waals surface area contributed by atoms with Crippen molar-refractivity contribution < 1.29 is 14.6 Å². The molecule has 0 aliphatic rings. The third-order valence-corrected chi connectivity index (χ3v) is 2.38. The Morgan fingerprint density at radius 2 is 2.47 bits per heavy atom. The lowest BCUT2D eigenvalue weighted by molar-refractivity contribution is 0.0878. The van der Waals surface area contributed by atoms with Gasteiger partial charge in [-0.25, -0.2) is 4.98 Å². The highest BCUT2D eigenvalue weighted by Gasteiger charge is 2.13. The molecule has 2 N–H and O–H groups in total. The van der Waals surface area contributed by atoms with E-state index in [0.717, 1.165) is 0 Å². The quantitative estimate of drug-likeness (QED) is 0.743. The zero-order valence-corrected chi connectivity index (χ0v) is 10.3. The number of aromatic nitrogens is 1. The third kappa shape index (κ3) is 4.68. The number of rotatable bonds is 6. The van der Waals surface area contributed by atoms with Crippen molar-refractivity contribution in [3.8, 4) is 0 Å². The molecule has 6 heteroatoms. The molecule has 17 heavy (non-hydrogen) atoms. The van der Waals surface area contributed by atoms with Crippen LogP contribution in [-0.4, -0.2) is 42.4 Å². The predicted octanol–water partition coefficient (Wildman–Crippen LogP) is 0.862. The first kappa shape index (κ1) is 13.9. The molecule has 0 aliphatic carbocycles. The second-order valence-electron chi connectivity index (χ2n) is 3.51. The van der Waals surface area contributed by atoms with Gasteiger partial charge in [-0.15, -0.1) is 0 Å². The van der Waals surface area contributed by atoms with Crippen molar-refractivity contribution in [3.05, 3.63) is 29.0 Å². The second kappa shape index (κ2) is 7.21. The summed E-state index contributed by atoms with van der Waals surface area (Å²) >= 11 is 5.69. The van der Waals surface area contributed by atoms with Crippen molar-refractivity contribution in [1.82, 2.24) is 10.3 Å². The van der Waals surface area contributed by atoms with Gasteiger partial charge in [0.2, 0.25) is 0 Å². The van der Waals surface area contributed by atoms with Crippen LogP contribution in [0.2, 0.25) is 5.15 Å². The Kier molecular flexibility index (Phi) is 5.90. The van der Waals surface area contributed by atoms with Crippen LogP contribution in [0.1, 0.15) is 16.8 Å². The van der Waals surface area contributed by atoms with Crippen LogP contribution in [-0.2, 0) is 4.74 Å². The maximum atomic E-state index is 11.8. The SMILES string of the molecule is COCC(CCO)NC(=O)c1ccnc(Cl)c1. The number of aliphatic hydroxyl groups is 1. The number of nitrogens with one attached hydrogen (secondary N) is 1. The second-order valence-corrected chi connectivity index (χ2v) is 3.89.